The molecule has 5 rings (SSSR count). The van der Waals surface area contributed by atoms with Gasteiger partial charge in [0.2, 0.25) is 0 Å². The Morgan fingerprint density at radius 2 is 1.83 bits per heavy atom. The van der Waals surface area contributed by atoms with Gasteiger partial charge in [0.15, 0.2) is 11.5 Å². The fourth-order valence-electron chi connectivity index (χ4n) is 5.22. The predicted molar refractivity (Wildman–Crippen MR) is 138 cm³/mol. The van der Waals surface area contributed by atoms with Gasteiger partial charge in [-0.3, -0.25) is 9.88 Å². The third kappa shape index (κ3) is 5.57. The molecular formula is C29H34N2O5. The van der Waals surface area contributed by atoms with Crippen molar-refractivity contribution < 1.29 is 23.7 Å². The van der Waals surface area contributed by atoms with Crippen LogP contribution in [-0.4, -0.2) is 55.4 Å². The lowest BCUT2D eigenvalue weighted by molar-refractivity contribution is 0.0367. The first-order valence-electron chi connectivity index (χ1n) is 12.9. The summed E-state index contributed by atoms with van der Waals surface area (Å²) in [5.41, 5.74) is 2.54. The van der Waals surface area contributed by atoms with Crippen LogP contribution >= 0.6 is 0 Å². The zero-order chi connectivity index (χ0) is 24.9. The van der Waals surface area contributed by atoms with E-state index in [-0.39, 0.29) is 5.97 Å². The largest absolute Gasteiger partial charge is 0.497 e. The number of nitrogens with zero attached hydrogens (tertiary/aromatic N) is 2. The van der Waals surface area contributed by atoms with E-state index in [0.717, 1.165) is 66.9 Å². The number of ether oxygens (including phenoxy) is 4. The number of esters is 1. The molecule has 7 nitrogen and oxygen atoms in total. The molecule has 0 spiro atoms. The zero-order valence-corrected chi connectivity index (χ0v) is 21.1. The van der Waals surface area contributed by atoms with Gasteiger partial charge in [0, 0.05) is 24.2 Å². The second-order valence-corrected chi connectivity index (χ2v) is 9.60. The summed E-state index contributed by atoms with van der Waals surface area (Å²) in [6.45, 7) is 5.79. The summed E-state index contributed by atoms with van der Waals surface area (Å²) in [5, 5.41) is 0.863. The first kappa shape index (κ1) is 24.4. The highest BCUT2D eigenvalue weighted by Crippen LogP contribution is 2.33. The van der Waals surface area contributed by atoms with E-state index in [4.69, 9.17) is 18.9 Å². The van der Waals surface area contributed by atoms with E-state index >= 15 is 0 Å². The number of hydrogen-bond donors (Lipinski definition) is 0. The number of benzene rings is 2. The topological polar surface area (TPSA) is 70.1 Å². The van der Waals surface area contributed by atoms with E-state index in [9.17, 15) is 4.79 Å². The lowest BCUT2D eigenvalue weighted by atomic mass is 9.85. The predicted octanol–water partition coefficient (Wildman–Crippen LogP) is 5.25. The summed E-state index contributed by atoms with van der Waals surface area (Å²) >= 11 is 0. The van der Waals surface area contributed by atoms with Crippen molar-refractivity contribution in [3.05, 3.63) is 59.8 Å². The molecule has 2 heterocycles. The summed E-state index contributed by atoms with van der Waals surface area (Å²) < 4.78 is 22.4. The van der Waals surface area contributed by atoms with Gasteiger partial charge in [-0.2, -0.15) is 0 Å². The lowest BCUT2D eigenvalue weighted by Gasteiger charge is -2.36. The number of rotatable bonds is 8. The smallest absolute Gasteiger partial charge is 0.339 e. The molecule has 2 aromatic carbocycles. The van der Waals surface area contributed by atoms with Crippen LogP contribution in [0.1, 0.15) is 48.5 Å². The van der Waals surface area contributed by atoms with Crippen LogP contribution in [0.2, 0.25) is 0 Å². The summed E-state index contributed by atoms with van der Waals surface area (Å²) in [7, 11) is 1.62. The van der Waals surface area contributed by atoms with Gasteiger partial charge >= 0.3 is 5.97 Å². The Morgan fingerprint density at radius 1 is 1.03 bits per heavy atom. The van der Waals surface area contributed by atoms with Crippen molar-refractivity contribution in [2.24, 2.45) is 5.92 Å². The third-order valence-electron chi connectivity index (χ3n) is 7.31. The highest BCUT2D eigenvalue weighted by molar-refractivity contribution is 5.93. The van der Waals surface area contributed by atoms with Crippen LogP contribution in [-0.2, 0) is 11.3 Å². The second kappa shape index (κ2) is 11.2. The van der Waals surface area contributed by atoms with Crippen molar-refractivity contribution in [3.63, 3.8) is 0 Å². The van der Waals surface area contributed by atoms with Gasteiger partial charge in [-0.05, 0) is 80.1 Å². The summed E-state index contributed by atoms with van der Waals surface area (Å²) in [4.78, 5) is 19.6. The van der Waals surface area contributed by atoms with E-state index in [1.165, 1.54) is 5.56 Å². The van der Waals surface area contributed by atoms with Crippen molar-refractivity contribution in [3.8, 4) is 17.2 Å². The highest BCUT2D eigenvalue weighted by Gasteiger charge is 2.26. The van der Waals surface area contributed by atoms with Crippen LogP contribution in [0.3, 0.4) is 0 Å². The molecule has 0 radical (unpaired) electrons. The molecule has 2 aliphatic rings. The van der Waals surface area contributed by atoms with E-state index in [2.05, 4.69) is 28.9 Å². The quantitative estimate of drug-likeness (QED) is 0.399. The maximum absolute atomic E-state index is 12.7. The Hall–Kier alpha value is -3.32. The van der Waals surface area contributed by atoms with Crippen molar-refractivity contribution in [2.45, 2.75) is 45.2 Å². The molecule has 1 aromatic heterocycles. The molecule has 0 N–H and O–H groups in total. The first-order chi connectivity index (χ1) is 17.6. The molecule has 3 aromatic rings. The van der Waals surface area contributed by atoms with Crippen LogP contribution in [0.5, 0.6) is 17.2 Å². The van der Waals surface area contributed by atoms with Crippen LogP contribution in [0, 0.1) is 5.92 Å². The van der Waals surface area contributed by atoms with Crippen molar-refractivity contribution >= 4 is 16.9 Å². The van der Waals surface area contributed by atoms with Crippen LogP contribution in [0.15, 0.2) is 48.7 Å². The highest BCUT2D eigenvalue weighted by atomic mass is 16.6. The van der Waals surface area contributed by atoms with Gasteiger partial charge in [-0.15, -0.1) is 0 Å². The number of fused-ring (bicyclic) bond motifs is 2. The molecule has 7 heteroatoms. The van der Waals surface area contributed by atoms with Gasteiger partial charge < -0.3 is 18.9 Å². The molecule has 1 aliphatic heterocycles. The summed E-state index contributed by atoms with van der Waals surface area (Å²) in [6.07, 6.45) is 5.92. The van der Waals surface area contributed by atoms with Gasteiger partial charge in [0.05, 0.1) is 24.8 Å². The molecule has 1 saturated carbocycles. The van der Waals surface area contributed by atoms with E-state index in [1.54, 1.807) is 13.3 Å². The molecule has 36 heavy (non-hydrogen) atoms. The Balaban J connectivity index is 1.12. The van der Waals surface area contributed by atoms with Crippen molar-refractivity contribution in [2.75, 3.05) is 33.5 Å². The molecule has 1 aliphatic carbocycles. The molecule has 0 unspecified atom stereocenters. The number of aromatic nitrogens is 1. The Labute approximate surface area is 212 Å². The first-order valence-corrected chi connectivity index (χ1v) is 12.9. The molecule has 1 fully saturated rings. The van der Waals surface area contributed by atoms with Crippen LogP contribution in [0.25, 0.3) is 10.9 Å². The minimum atomic E-state index is -0.317. The minimum Gasteiger partial charge on any atom is -0.497 e. The van der Waals surface area contributed by atoms with E-state index in [0.29, 0.717) is 37.3 Å². The standard InChI is InChI=1S/C29H34N2O5/c1-3-31(18-21-6-11-27-28(14-21)35-13-12-34-27)24-7-4-20(5-8-24)19-36-29(32)23-15-22-16-25(33-2)9-10-26(22)30-17-23/h6,9-11,14-17,20,24H,3-5,7-8,12-13,18-19H2,1-2H3/t20-,24-. The fraction of sp³-hybridized carbons (Fsp3) is 0.448. The summed E-state index contributed by atoms with van der Waals surface area (Å²) in [6, 6.07) is 14.2. The Morgan fingerprint density at radius 3 is 2.61 bits per heavy atom. The van der Waals surface area contributed by atoms with E-state index < -0.39 is 0 Å². The molecule has 0 atom stereocenters. The van der Waals surface area contributed by atoms with Crippen molar-refractivity contribution in [1.82, 2.24) is 9.88 Å². The number of carbonyl (C=O) groups excluding carboxylic acids is 1. The lowest BCUT2D eigenvalue weighted by Crippen LogP contribution is -2.38. The number of carbonyl (C=O) groups is 1. The molecule has 0 amide bonds. The molecule has 0 saturated heterocycles. The molecule has 0 bridgehead atoms. The fourth-order valence-corrected chi connectivity index (χ4v) is 5.22. The van der Waals surface area contributed by atoms with Gasteiger partial charge in [-0.1, -0.05) is 13.0 Å². The average molecular weight is 491 g/mol. The zero-order valence-electron chi connectivity index (χ0n) is 21.1. The molecular weight excluding hydrogens is 456 g/mol. The normalized spacial score (nSPS) is 19.3. The van der Waals surface area contributed by atoms with Crippen molar-refractivity contribution in [1.29, 1.82) is 0 Å². The third-order valence-corrected chi connectivity index (χ3v) is 7.31. The maximum Gasteiger partial charge on any atom is 0.339 e. The maximum atomic E-state index is 12.7. The van der Waals surface area contributed by atoms with Gasteiger partial charge in [0.25, 0.3) is 0 Å². The SMILES string of the molecule is CCN(Cc1ccc2c(c1)OCCO2)[C@H]1CC[C@H](COC(=O)c2cnc3ccc(OC)cc3c2)CC1. The second-order valence-electron chi connectivity index (χ2n) is 9.60. The Bertz CT molecular complexity index is 1210. The van der Waals surface area contributed by atoms with E-state index in [1.807, 2.05) is 30.3 Å². The molecule has 190 valence electrons. The summed E-state index contributed by atoms with van der Waals surface area (Å²) in [5.74, 6) is 2.50. The van der Waals surface area contributed by atoms with Gasteiger partial charge in [0.1, 0.15) is 19.0 Å². The van der Waals surface area contributed by atoms with Gasteiger partial charge in [-0.25, -0.2) is 4.79 Å². The van der Waals surface area contributed by atoms with Crippen LogP contribution < -0.4 is 14.2 Å². The Kier molecular flexibility index (Phi) is 7.56. The average Bonchev–Trinajstić information content (AvgIpc) is 2.94. The number of pyridine rings is 1. The minimum absolute atomic E-state index is 0.317. The van der Waals surface area contributed by atoms with Crippen LogP contribution in [0.4, 0.5) is 0 Å². The number of hydrogen-bond acceptors (Lipinski definition) is 7. The number of methoxy groups -OCH3 is 1. The monoisotopic (exact) mass is 490 g/mol.